The lowest BCUT2D eigenvalue weighted by atomic mass is 9.91. The first-order valence-corrected chi connectivity index (χ1v) is 17.1. The highest BCUT2D eigenvalue weighted by molar-refractivity contribution is 7.13. The van der Waals surface area contributed by atoms with Gasteiger partial charge in [-0.1, -0.05) is 31.1 Å². The molecule has 6 rings (SSSR count). The van der Waals surface area contributed by atoms with E-state index in [1.807, 2.05) is 44.5 Å². The van der Waals surface area contributed by atoms with E-state index in [0.717, 1.165) is 21.7 Å². The molecule has 0 aliphatic carbocycles. The Bertz CT molecular complexity index is 1520. The Balaban J connectivity index is 1.15. The number of carbonyl (C=O) groups excluding carboxylic acids is 2. The van der Waals surface area contributed by atoms with Crippen LogP contribution in [0.2, 0.25) is 0 Å². The number of aliphatic hydroxyl groups is 1. The Labute approximate surface area is 278 Å². The van der Waals surface area contributed by atoms with Gasteiger partial charge in [0.2, 0.25) is 11.8 Å². The molecule has 5 heterocycles. The molecule has 3 aliphatic rings. The lowest BCUT2D eigenvalue weighted by Crippen LogP contribution is -2.48. The number of likely N-dealkylation sites (tertiary alicyclic amines) is 1. The van der Waals surface area contributed by atoms with Crippen molar-refractivity contribution < 1.29 is 38.2 Å². The van der Waals surface area contributed by atoms with Crippen molar-refractivity contribution >= 4 is 29.0 Å². The van der Waals surface area contributed by atoms with E-state index in [0.29, 0.717) is 69.9 Å². The average molecular weight is 670 g/mol. The fraction of sp³-hybridized carbons (Fsp3) is 0.576. The summed E-state index contributed by atoms with van der Waals surface area (Å²) in [5.41, 5.74) is 4.50. The molecule has 3 fully saturated rings. The minimum atomic E-state index is -0.833. The zero-order valence-corrected chi connectivity index (χ0v) is 27.9. The molecule has 2 aromatic heterocycles. The Hall–Kier alpha value is -3.56. The molecule has 47 heavy (non-hydrogen) atoms. The van der Waals surface area contributed by atoms with Gasteiger partial charge in [0.25, 0.3) is 0 Å². The van der Waals surface area contributed by atoms with Crippen molar-refractivity contribution in [1.82, 2.24) is 20.4 Å². The highest BCUT2D eigenvalue weighted by Gasteiger charge is 2.43. The first-order chi connectivity index (χ1) is 22.8. The van der Waals surface area contributed by atoms with Crippen LogP contribution in [-0.2, 0) is 30.3 Å². The monoisotopic (exact) mass is 669 g/mol. The quantitative estimate of drug-likeness (QED) is 0.293. The predicted molar refractivity (Wildman–Crippen MR) is 173 cm³/mol. The Morgan fingerprint density at radius 2 is 1.94 bits per heavy atom. The number of β-amino-alcohol motifs (C(OH)–C–C–N with tert-alkyl or cyclic N) is 1. The molecule has 2 N–H and O–H groups in total. The van der Waals surface area contributed by atoms with Crippen LogP contribution >= 0.6 is 11.3 Å². The molecule has 0 bridgehead atoms. The third kappa shape index (κ3) is 7.78. The van der Waals surface area contributed by atoms with Gasteiger partial charge in [0.15, 0.2) is 17.9 Å². The number of amides is 2. The number of carbonyl (C=O) groups is 2. The summed E-state index contributed by atoms with van der Waals surface area (Å²) in [5.74, 6) is 0.336. The van der Waals surface area contributed by atoms with E-state index in [9.17, 15) is 14.7 Å². The number of hydrogen-bond acceptors (Lipinski definition) is 12. The minimum Gasteiger partial charge on any atom is -0.493 e. The molecule has 13 nitrogen and oxygen atoms in total. The second-order valence-electron chi connectivity index (χ2n) is 12.4. The molecule has 3 aromatic rings. The summed E-state index contributed by atoms with van der Waals surface area (Å²) in [6.07, 6.45) is -0.392. The number of thiazole rings is 1. The maximum absolute atomic E-state index is 14.0. The van der Waals surface area contributed by atoms with E-state index in [1.54, 1.807) is 17.4 Å². The molecule has 3 atom stereocenters. The zero-order valence-electron chi connectivity index (χ0n) is 27.1. The van der Waals surface area contributed by atoms with E-state index in [1.165, 1.54) is 4.90 Å². The van der Waals surface area contributed by atoms with Gasteiger partial charge in [-0.3, -0.25) is 9.59 Å². The molecule has 3 aliphatic heterocycles. The third-order valence-corrected chi connectivity index (χ3v) is 9.76. The number of nitrogens with zero attached hydrogens (tertiary/aromatic N) is 4. The second-order valence-corrected chi connectivity index (χ2v) is 13.3. The van der Waals surface area contributed by atoms with Gasteiger partial charge in [0.05, 0.1) is 55.2 Å². The molecule has 2 amide bonds. The van der Waals surface area contributed by atoms with Crippen LogP contribution in [-0.4, -0.2) is 103 Å². The maximum Gasteiger partial charge on any atom is 0.243 e. The molecule has 0 saturated carbocycles. The SMILES string of the molecule is Cc1ncsc1-c1ccc(CNC(=O)[C@@H]2C[C@@H](O)CN2C(=O)[C@@H](c2cc(N3CCOCC3)no2)C(C)C)c(OCCC2OCCO2)c1. The van der Waals surface area contributed by atoms with Crippen LogP contribution in [0, 0.1) is 12.8 Å². The number of aryl methyl sites for hydroxylation is 1. The normalized spacial score (nSPS) is 21.0. The van der Waals surface area contributed by atoms with Crippen molar-refractivity contribution in [3.8, 4) is 16.2 Å². The fourth-order valence-corrected chi connectivity index (χ4v) is 7.08. The summed E-state index contributed by atoms with van der Waals surface area (Å²) in [6, 6.07) is 6.86. The third-order valence-electron chi connectivity index (χ3n) is 8.78. The number of morpholine rings is 1. The number of anilines is 1. The van der Waals surface area contributed by atoms with Crippen LogP contribution in [0.4, 0.5) is 5.82 Å². The minimum absolute atomic E-state index is 0.0627. The van der Waals surface area contributed by atoms with E-state index in [-0.39, 0.29) is 43.5 Å². The van der Waals surface area contributed by atoms with Crippen molar-refractivity contribution in [1.29, 1.82) is 0 Å². The maximum atomic E-state index is 14.0. The van der Waals surface area contributed by atoms with Crippen LogP contribution < -0.4 is 15.0 Å². The molecule has 0 spiro atoms. The van der Waals surface area contributed by atoms with Crippen molar-refractivity contribution in [2.45, 2.75) is 64.5 Å². The molecule has 14 heteroatoms. The van der Waals surface area contributed by atoms with Crippen molar-refractivity contribution in [2.75, 3.05) is 57.6 Å². The first-order valence-electron chi connectivity index (χ1n) is 16.2. The number of ether oxygens (including phenoxy) is 4. The molecular formula is C33H43N5O8S. The van der Waals surface area contributed by atoms with Gasteiger partial charge in [-0.25, -0.2) is 4.98 Å². The first kappa shape index (κ1) is 33.3. The molecular weight excluding hydrogens is 626 g/mol. The fourth-order valence-electron chi connectivity index (χ4n) is 6.28. The molecule has 0 unspecified atom stereocenters. The largest absolute Gasteiger partial charge is 0.493 e. The van der Waals surface area contributed by atoms with Crippen molar-refractivity contribution in [3.05, 3.63) is 46.8 Å². The highest BCUT2D eigenvalue weighted by Crippen LogP contribution is 2.34. The van der Waals surface area contributed by atoms with Crippen molar-refractivity contribution in [2.24, 2.45) is 5.92 Å². The summed E-state index contributed by atoms with van der Waals surface area (Å²) in [7, 11) is 0. The summed E-state index contributed by atoms with van der Waals surface area (Å²) in [6.45, 7) is 10.2. The topological polar surface area (TPSA) is 149 Å². The van der Waals surface area contributed by atoms with E-state index >= 15 is 0 Å². The predicted octanol–water partition coefficient (Wildman–Crippen LogP) is 3.10. The van der Waals surface area contributed by atoms with Gasteiger partial charge in [-0.15, -0.1) is 11.3 Å². The average Bonchev–Trinajstić information content (AvgIpc) is 3.89. The smallest absolute Gasteiger partial charge is 0.243 e. The molecule has 1 aromatic carbocycles. The standard InChI is InChI=1S/C33H43N5O8S/c1-20(2)30(27-16-28(36-46-27)37-7-10-42-11-8-37)33(41)38-18-24(39)15-25(38)32(40)34-17-23-5-4-22(31-21(3)35-19-47-31)14-26(23)43-9-6-29-44-12-13-45-29/h4-5,14,16,19-20,24-25,29-30,39H,6-13,15,17-18H2,1-3H3,(H,34,40)/t24-,25+,30-/m1/s1. The van der Waals surface area contributed by atoms with Gasteiger partial charge < -0.3 is 43.7 Å². The Morgan fingerprint density at radius 3 is 2.66 bits per heavy atom. The summed E-state index contributed by atoms with van der Waals surface area (Å²) >= 11 is 1.56. The number of aliphatic hydroxyl groups excluding tert-OH is 1. The van der Waals surface area contributed by atoms with E-state index in [4.69, 9.17) is 23.5 Å². The number of benzene rings is 1. The van der Waals surface area contributed by atoms with E-state index < -0.39 is 18.1 Å². The summed E-state index contributed by atoms with van der Waals surface area (Å²) in [5, 5.41) is 17.9. The van der Waals surface area contributed by atoms with Gasteiger partial charge >= 0.3 is 0 Å². The van der Waals surface area contributed by atoms with Gasteiger partial charge in [0, 0.05) is 50.7 Å². The highest BCUT2D eigenvalue weighted by atomic mass is 32.1. The summed E-state index contributed by atoms with van der Waals surface area (Å²) in [4.78, 5) is 36.7. The lowest BCUT2D eigenvalue weighted by molar-refractivity contribution is -0.141. The van der Waals surface area contributed by atoms with Gasteiger partial charge in [-0.2, -0.15) is 0 Å². The van der Waals surface area contributed by atoms with Gasteiger partial charge in [-0.05, 0) is 24.5 Å². The number of hydrogen-bond donors (Lipinski definition) is 2. The Kier molecular flexibility index (Phi) is 10.7. The number of rotatable bonds is 12. The summed E-state index contributed by atoms with van der Waals surface area (Å²) < 4.78 is 28.4. The van der Waals surface area contributed by atoms with E-state index in [2.05, 4.69) is 20.4 Å². The number of nitrogens with one attached hydrogen (secondary N) is 1. The second kappa shape index (κ2) is 15.1. The number of aromatic nitrogens is 2. The van der Waals surface area contributed by atoms with Gasteiger partial charge in [0.1, 0.15) is 17.7 Å². The molecule has 3 saturated heterocycles. The van der Waals surface area contributed by atoms with Crippen LogP contribution in [0.1, 0.15) is 49.6 Å². The Morgan fingerprint density at radius 1 is 1.15 bits per heavy atom. The van der Waals surface area contributed by atoms with Crippen LogP contribution in [0.15, 0.2) is 34.3 Å². The molecule has 0 radical (unpaired) electrons. The van der Waals surface area contributed by atoms with Crippen LogP contribution in [0.25, 0.3) is 10.4 Å². The zero-order chi connectivity index (χ0) is 32.9. The van der Waals surface area contributed by atoms with Crippen LogP contribution in [0.5, 0.6) is 5.75 Å². The molecule has 254 valence electrons. The van der Waals surface area contributed by atoms with Crippen molar-refractivity contribution in [3.63, 3.8) is 0 Å². The van der Waals surface area contributed by atoms with Crippen LogP contribution in [0.3, 0.4) is 0 Å². The lowest BCUT2D eigenvalue weighted by Gasteiger charge is -2.29.